The zero-order valence-electron chi connectivity index (χ0n) is 19.1. The highest BCUT2D eigenvalue weighted by Crippen LogP contribution is 2.34. The van der Waals surface area contributed by atoms with Crippen molar-refractivity contribution in [3.63, 3.8) is 0 Å². The highest BCUT2D eigenvalue weighted by Gasteiger charge is 2.45. The predicted molar refractivity (Wildman–Crippen MR) is 117 cm³/mol. The van der Waals surface area contributed by atoms with Crippen LogP contribution in [0.2, 0.25) is 0 Å². The average molecular weight is 446 g/mol. The molecular formula is C20H31N9O3. The Kier molecular flexibility index (Phi) is 6.63. The summed E-state index contributed by atoms with van der Waals surface area (Å²) in [5.74, 6) is 0.378. The van der Waals surface area contributed by atoms with Gasteiger partial charge >= 0.3 is 0 Å². The highest BCUT2D eigenvalue weighted by atomic mass is 16.3. The maximum Gasteiger partial charge on any atom is 0.248 e. The van der Waals surface area contributed by atoms with Gasteiger partial charge in [0.15, 0.2) is 0 Å². The van der Waals surface area contributed by atoms with Crippen molar-refractivity contribution in [3.8, 4) is 0 Å². The number of hydrogen-bond donors (Lipinski definition) is 3. The van der Waals surface area contributed by atoms with Crippen molar-refractivity contribution < 1.29 is 14.7 Å². The first-order valence-electron chi connectivity index (χ1n) is 10.4. The number of carbonyl (C=O) groups is 2. The lowest BCUT2D eigenvalue weighted by Crippen LogP contribution is -2.49. The molecule has 0 aliphatic carbocycles. The minimum absolute atomic E-state index is 0.101. The van der Waals surface area contributed by atoms with Crippen molar-refractivity contribution in [1.29, 1.82) is 0 Å². The Morgan fingerprint density at radius 1 is 1.34 bits per heavy atom. The Labute approximate surface area is 186 Å². The Morgan fingerprint density at radius 2 is 2.06 bits per heavy atom. The molecule has 2 aromatic rings. The standard InChI is InChI=1S/C20H31N9O3/c1-20(2,3)17(19(32)28-11-13(30)6-14(28)18(31)22-4)29-10-12(25-26-29)9-27(5)16-8-23-15(21)7-24-16/h7-8,10,13-14,17,30H,6,9,11H2,1-5H3,(H2,21,23)(H,22,31)/t13?,14?,17-/m1/s1. The average Bonchev–Trinajstić information content (AvgIpc) is 3.33. The van der Waals surface area contributed by atoms with E-state index in [1.165, 1.54) is 22.8 Å². The van der Waals surface area contributed by atoms with Gasteiger partial charge in [-0.1, -0.05) is 26.0 Å². The molecule has 2 aromatic heterocycles. The van der Waals surface area contributed by atoms with E-state index in [9.17, 15) is 14.7 Å². The van der Waals surface area contributed by atoms with E-state index >= 15 is 0 Å². The number of aromatic nitrogens is 5. The van der Waals surface area contributed by atoms with E-state index in [4.69, 9.17) is 5.73 Å². The van der Waals surface area contributed by atoms with E-state index in [2.05, 4.69) is 25.6 Å². The fraction of sp³-hybridized carbons (Fsp3) is 0.600. The lowest BCUT2D eigenvalue weighted by Gasteiger charge is -2.34. The van der Waals surface area contributed by atoms with Crippen LogP contribution in [0.3, 0.4) is 0 Å². The van der Waals surface area contributed by atoms with Gasteiger partial charge in [-0.15, -0.1) is 5.10 Å². The molecule has 0 radical (unpaired) electrons. The number of likely N-dealkylation sites (N-methyl/N-ethyl adjacent to an activating group) is 1. The van der Waals surface area contributed by atoms with Crippen LogP contribution in [0.4, 0.5) is 11.6 Å². The quantitative estimate of drug-likeness (QED) is 0.537. The second-order valence-electron chi connectivity index (χ2n) is 9.12. The van der Waals surface area contributed by atoms with E-state index in [1.807, 2.05) is 32.7 Å². The summed E-state index contributed by atoms with van der Waals surface area (Å²) in [5.41, 5.74) is 5.71. The number of aliphatic hydroxyl groups excluding tert-OH is 1. The fourth-order valence-electron chi connectivity index (χ4n) is 3.87. The van der Waals surface area contributed by atoms with E-state index in [-0.39, 0.29) is 24.8 Å². The summed E-state index contributed by atoms with van der Waals surface area (Å²) in [6.07, 6.45) is 4.22. The predicted octanol–water partition coefficient (Wildman–Crippen LogP) is -0.418. The number of anilines is 2. The summed E-state index contributed by atoms with van der Waals surface area (Å²) in [7, 11) is 3.35. The van der Waals surface area contributed by atoms with Crippen LogP contribution >= 0.6 is 0 Å². The molecule has 0 saturated carbocycles. The summed E-state index contributed by atoms with van der Waals surface area (Å²) in [4.78, 5) is 37.4. The van der Waals surface area contributed by atoms with Gasteiger partial charge in [0.1, 0.15) is 29.4 Å². The van der Waals surface area contributed by atoms with Crippen LogP contribution in [0.15, 0.2) is 18.6 Å². The molecule has 0 aromatic carbocycles. The van der Waals surface area contributed by atoms with E-state index in [0.29, 0.717) is 23.9 Å². The second-order valence-corrected chi connectivity index (χ2v) is 9.12. The van der Waals surface area contributed by atoms with Gasteiger partial charge in [-0.25, -0.2) is 14.6 Å². The van der Waals surface area contributed by atoms with Crippen LogP contribution < -0.4 is 16.0 Å². The number of aliphatic hydroxyl groups is 1. The third-order valence-corrected chi connectivity index (χ3v) is 5.44. The number of nitrogens with one attached hydrogen (secondary N) is 1. The first-order chi connectivity index (χ1) is 15.0. The Morgan fingerprint density at radius 3 is 2.66 bits per heavy atom. The summed E-state index contributed by atoms with van der Waals surface area (Å²) >= 11 is 0. The van der Waals surface area contributed by atoms with Crippen molar-refractivity contribution in [2.75, 3.05) is 31.3 Å². The maximum absolute atomic E-state index is 13.6. The maximum atomic E-state index is 13.6. The van der Waals surface area contributed by atoms with Crippen molar-refractivity contribution in [2.45, 2.75) is 51.9 Å². The van der Waals surface area contributed by atoms with Gasteiger partial charge in [-0.2, -0.15) is 0 Å². The molecule has 1 aliphatic heterocycles. The largest absolute Gasteiger partial charge is 0.391 e. The smallest absolute Gasteiger partial charge is 0.248 e. The van der Waals surface area contributed by atoms with Gasteiger partial charge in [0, 0.05) is 27.1 Å². The highest BCUT2D eigenvalue weighted by molar-refractivity contribution is 5.90. The summed E-state index contributed by atoms with van der Waals surface area (Å²) in [6, 6.07) is -1.42. The minimum Gasteiger partial charge on any atom is -0.391 e. The molecule has 2 amide bonds. The van der Waals surface area contributed by atoms with Crippen LogP contribution in [0, 0.1) is 5.41 Å². The molecular weight excluding hydrogens is 414 g/mol. The van der Waals surface area contributed by atoms with Gasteiger partial charge in [0.05, 0.1) is 31.2 Å². The van der Waals surface area contributed by atoms with Crippen molar-refractivity contribution in [1.82, 2.24) is 35.2 Å². The molecule has 0 spiro atoms. The number of nitrogen functional groups attached to an aromatic ring is 1. The molecule has 3 heterocycles. The number of hydrogen-bond acceptors (Lipinski definition) is 9. The van der Waals surface area contributed by atoms with Crippen LogP contribution in [0.5, 0.6) is 0 Å². The molecule has 32 heavy (non-hydrogen) atoms. The molecule has 3 atom stereocenters. The van der Waals surface area contributed by atoms with Gasteiger partial charge < -0.3 is 26.0 Å². The number of β-amino-alcohol motifs (C(OH)–C–C–N with tert-alkyl or cyclic N) is 1. The number of nitrogens with zero attached hydrogens (tertiary/aromatic N) is 7. The minimum atomic E-state index is -0.747. The zero-order valence-corrected chi connectivity index (χ0v) is 19.1. The van der Waals surface area contributed by atoms with Crippen molar-refractivity contribution >= 4 is 23.5 Å². The summed E-state index contributed by atoms with van der Waals surface area (Å²) < 4.78 is 1.53. The molecule has 4 N–H and O–H groups in total. The van der Waals surface area contributed by atoms with Crippen LogP contribution in [-0.4, -0.2) is 79.6 Å². The molecule has 2 unspecified atom stereocenters. The Hall–Kier alpha value is -3.28. The Balaban J connectivity index is 1.83. The molecule has 1 fully saturated rings. The van der Waals surface area contributed by atoms with Crippen molar-refractivity contribution in [3.05, 3.63) is 24.3 Å². The van der Waals surface area contributed by atoms with Gasteiger partial charge in [-0.3, -0.25) is 9.59 Å². The van der Waals surface area contributed by atoms with E-state index < -0.39 is 23.6 Å². The molecule has 1 saturated heterocycles. The normalized spacial score (nSPS) is 19.6. The molecule has 12 heteroatoms. The third kappa shape index (κ3) is 4.96. The number of nitrogens with two attached hydrogens (primary N) is 1. The molecule has 12 nitrogen and oxygen atoms in total. The van der Waals surface area contributed by atoms with Gasteiger partial charge in [0.2, 0.25) is 11.8 Å². The Bertz CT molecular complexity index is 954. The van der Waals surface area contributed by atoms with E-state index in [0.717, 1.165) is 0 Å². The topological polar surface area (TPSA) is 155 Å². The zero-order chi connectivity index (χ0) is 23.6. The van der Waals surface area contributed by atoms with Crippen LogP contribution in [-0.2, 0) is 16.1 Å². The first kappa shape index (κ1) is 23.4. The molecule has 174 valence electrons. The van der Waals surface area contributed by atoms with Gasteiger partial charge in [0.25, 0.3) is 0 Å². The number of rotatable bonds is 6. The van der Waals surface area contributed by atoms with Crippen LogP contribution in [0.25, 0.3) is 0 Å². The molecule has 3 rings (SSSR count). The first-order valence-corrected chi connectivity index (χ1v) is 10.4. The second kappa shape index (κ2) is 9.07. The number of amides is 2. The lowest BCUT2D eigenvalue weighted by atomic mass is 9.85. The van der Waals surface area contributed by atoms with Gasteiger partial charge in [-0.05, 0) is 5.41 Å². The van der Waals surface area contributed by atoms with E-state index in [1.54, 1.807) is 12.4 Å². The van der Waals surface area contributed by atoms with Crippen molar-refractivity contribution in [2.24, 2.45) is 5.41 Å². The monoisotopic (exact) mass is 445 g/mol. The summed E-state index contributed by atoms with van der Waals surface area (Å²) in [5, 5.41) is 21.1. The molecule has 0 bridgehead atoms. The summed E-state index contributed by atoms with van der Waals surface area (Å²) in [6.45, 7) is 6.27. The number of likely N-dealkylation sites (tertiary alicyclic amines) is 1. The fourth-order valence-corrected chi connectivity index (χ4v) is 3.87. The lowest BCUT2D eigenvalue weighted by molar-refractivity contribution is -0.144. The van der Waals surface area contributed by atoms with Crippen LogP contribution in [0.1, 0.15) is 38.9 Å². The third-order valence-electron chi connectivity index (χ3n) is 5.44. The SMILES string of the molecule is CNC(=O)C1CC(O)CN1C(=O)[C@@H](n1cc(CN(C)c2cnc(N)cn2)nn1)C(C)(C)C. The number of carbonyl (C=O) groups excluding carboxylic acids is 2. The molecule has 1 aliphatic rings.